The van der Waals surface area contributed by atoms with Crippen LogP contribution in [0.5, 0.6) is 0 Å². The number of hydrogen-bond donors (Lipinski definition) is 3. The molecule has 1 atom stereocenters. The molecule has 10 nitrogen and oxygen atoms in total. The van der Waals surface area contributed by atoms with Gasteiger partial charge in [0, 0.05) is 31.0 Å². The van der Waals surface area contributed by atoms with Crippen LogP contribution in [0.15, 0.2) is 48.8 Å². The molecule has 1 amide bonds. The number of rotatable bonds is 6. The van der Waals surface area contributed by atoms with Gasteiger partial charge in [-0.25, -0.2) is 4.52 Å². The van der Waals surface area contributed by atoms with Crippen molar-refractivity contribution >= 4 is 29.0 Å². The molecule has 1 aliphatic heterocycles. The van der Waals surface area contributed by atoms with Crippen LogP contribution in [0.2, 0.25) is 0 Å². The molecule has 4 aromatic heterocycles. The number of hydrogen-bond acceptors (Lipinski definition) is 7. The van der Waals surface area contributed by atoms with Crippen molar-refractivity contribution in [2.45, 2.75) is 44.2 Å². The lowest BCUT2D eigenvalue weighted by atomic mass is 9.93. The minimum absolute atomic E-state index is 0.133. The predicted molar refractivity (Wildman–Crippen MR) is 124 cm³/mol. The number of aromatic amines is 1. The van der Waals surface area contributed by atoms with E-state index >= 15 is 0 Å². The molecular weight excluding hydrogens is 418 g/mol. The summed E-state index contributed by atoms with van der Waals surface area (Å²) in [6, 6.07) is 12.0. The number of aromatic nitrogens is 6. The van der Waals surface area contributed by atoms with Crippen LogP contribution in [0.4, 0.5) is 17.6 Å². The van der Waals surface area contributed by atoms with Gasteiger partial charge in [-0.15, -0.1) is 5.10 Å². The van der Waals surface area contributed by atoms with Crippen LogP contribution in [0.3, 0.4) is 0 Å². The number of nitrogens with one attached hydrogen (secondary N) is 3. The Bertz CT molecular complexity index is 1280. The fourth-order valence-electron chi connectivity index (χ4n) is 4.46. The van der Waals surface area contributed by atoms with E-state index in [4.69, 9.17) is 10.1 Å². The van der Waals surface area contributed by atoms with Gasteiger partial charge in [-0.1, -0.05) is 6.07 Å². The number of pyridine rings is 1. The Hall–Kier alpha value is -3.95. The largest absolute Gasteiger partial charge is 0.348 e. The second-order valence-corrected chi connectivity index (χ2v) is 8.60. The standard InChI is InChI=1S/C23H25N9O/c33-22(25-15-6-3-7-15)17-14-20(29-28-17)26-21-19-10-5-13-32(19)30-23(27-21)31-12-4-9-18(31)16-8-1-2-11-24-16/h1-2,5,8,10-11,13-15,18H,3-4,6-7,9,12H2,(H,25,33)(H2,26,27,28,29,30). The Balaban J connectivity index is 1.28. The Morgan fingerprint density at radius 3 is 2.88 bits per heavy atom. The molecule has 1 saturated carbocycles. The maximum Gasteiger partial charge on any atom is 0.269 e. The third-order valence-corrected chi connectivity index (χ3v) is 6.43. The fourth-order valence-corrected chi connectivity index (χ4v) is 4.46. The van der Waals surface area contributed by atoms with E-state index in [-0.39, 0.29) is 18.0 Å². The molecule has 33 heavy (non-hydrogen) atoms. The van der Waals surface area contributed by atoms with E-state index in [9.17, 15) is 4.79 Å². The quantitative estimate of drug-likeness (QED) is 0.419. The average Bonchev–Trinajstić information content (AvgIpc) is 3.57. The lowest BCUT2D eigenvalue weighted by molar-refractivity contribution is 0.0912. The van der Waals surface area contributed by atoms with E-state index in [0.717, 1.165) is 43.4 Å². The minimum atomic E-state index is -0.133. The maximum absolute atomic E-state index is 12.4. The summed E-state index contributed by atoms with van der Waals surface area (Å²) in [7, 11) is 0. The molecule has 2 fully saturated rings. The minimum Gasteiger partial charge on any atom is -0.348 e. The van der Waals surface area contributed by atoms with E-state index in [1.165, 1.54) is 6.42 Å². The van der Waals surface area contributed by atoms with Gasteiger partial charge < -0.3 is 15.5 Å². The van der Waals surface area contributed by atoms with Crippen LogP contribution < -0.4 is 15.5 Å². The molecule has 3 N–H and O–H groups in total. The normalized spacial score (nSPS) is 18.4. The predicted octanol–water partition coefficient (Wildman–Crippen LogP) is 3.21. The van der Waals surface area contributed by atoms with E-state index < -0.39 is 0 Å². The van der Waals surface area contributed by atoms with Gasteiger partial charge in [-0.2, -0.15) is 10.1 Å². The smallest absolute Gasteiger partial charge is 0.269 e. The van der Waals surface area contributed by atoms with Gasteiger partial charge in [0.05, 0.1) is 11.7 Å². The Kier molecular flexibility index (Phi) is 4.89. The summed E-state index contributed by atoms with van der Waals surface area (Å²) in [6.45, 7) is 0.862. The van der Waals surface area contributed by atoms with Gasteiger partial charge in [-0.3, -0.25) is 14.9 Å². The van der Waals surface area contributed by atoms with Crippen LogP contribution in [0.25, 0.3) is 5.52 Å². The summed E-state index contributed by atoms with van der Waals surface area (Å²) in [5.41, 5.74) is 2.28. The molecule has 1 unspecified atom stereocenters. The fraction of sp³-hybridized carbons (Fsp3) is 0.348. The van der Waals surface area contributed by atoms with Crippen molar-refractivity contribution in [2.75, 3.05) is 16.8 Å². The van der Waals surface area contributed by atoms with Gasteiger partial charge in [0.25, 0.3) is 5.91 Å². The van der Waals surface area contributed by atoms with Crippen molar-refractivity contribution in [3.05, 3.63) is 60.2 Å². The lowest BCUT2D eigenvalue weighted by Crippen LogP contribution is -2.39. The first-order chi connectivity index (χ1) is 16.2. The molecule has 0 bridgehead atoms. The Morgan fingerprint density at radius 2 is 2.06 bits per heavy atom. The topological polar surface area (TPSA) is 116 Å². The summed E-state index contributed by atoms with van der Waals surface area (Å²) in [4.78, 5) is 24.0. The molecule has 1 aliphatic carbocycles. The zero-order valence-electron chi connectivity index (χ0n) is 18.1. The monoisotopic (exact) mass is 443 g/mol. The molecule has 0 spiro atoms. The SMILES string of the molecule is O=C(NC1CCC1)c1cc(Nc2nc(N3CCCC3c3ccccn3)nn3cccc23)n[nH]1. The molecule has 168 valence electrons. The van der Waals surface area contributed by atoms with Gasteiger partial charge in [0.15, 0.2) is 11.6 Å². The summed E-state index contributed by atoms with van der Waals surface area (Å²) in [5.74, 6) is 1.66. The first-order valence-electron chi connectivity index (χ1n) is 11.4. The third-order valence-electron chi connectivity index (χ3n) is 6.43. The third kappa shape index (κ3) is 3.77. The van der Waals surface area contributed by atoms with Crippen LogP contribution >= 0.6 is 0 Å². The molecule has 2 aliphatic rings. The summed E-state index contributed by atoms with van der Waals surface area (Å²) < 4.78 is 1.81. The van der Waals surface area contributed by atoms with Crippen LogP contribution in [0.1, 0.15) is 54.3 Å². The second kappa shape index (κ2) is 8.19. The number of amides is 1. The van der Waals surface area contributed by atoms with Gasteiger partial charge in [0.1, 0.15) is 11.2 Å². The van der Waals surface area contributed by atoms with Crippen LogP contribution in [-0.2, 0) is 0 Å². The zero-order valence-corrected chi connectivity index (χ0v) is 18.1. The molecular formula is C23H25N9O. The van der Waals surface area contributed by atoms with Crippen molar-refractivity contribution in [1.29, 1.82) is 0 Å². The van der Waals surface area contributed by atoms with Gasteiger partial charge in [-0.05, 0) is 56.4 Å². The van der Waals surface area contributed by atoms with Crippen molar-refractivity contribution < 1.29 is 4.79 Å². The highest BCUT2D eigenvalue weighted by molar-refractivity contribution is 5.93. The Labute approximate surface area is 190 Å². The molecule has 5 heterocycles. The van der Waals surface area contributed by atoms with Crippen molar-refractivity contribution in [3.63, 3.8) is 0 Å². The van der Waals surface area contributed by atoms with Gasteiger partial charge >= 0.3 is 0 Å². The molecule has 4 aromatic rings. The number of carbonyl (C=O) groups excluding carboxylic acids is 1. The number of nitrogens with zero attached hydrogens (tertiary/aromatic N) is 6. The first-order valence-corrected chi connectivity index (χ1v) is 11.4. The maximum atomic E-state index is 12.4. The van der Waals surface area contributed by atoms with Crippen molar-refractivity contribution in [3.8, 4) is 0 Å². The highest BCUT2D eigenvalue weighted by Crippen LogP contribution is 2.34. The zero-order chi connectivity index (χ0) is 22.2. The summed E-state index contributed by atoms with van der Waals surface area (Å²) in [6.07, 6.45) is 9.03. The molecule has 1 saturated heterocycles. The van der Waals surface area contributed by atoms with E-state index in [0.29, 0.717) is 23.3 Å². The first kappa shape index (κ1) is 19.7. The summed E-state index contributed by atoms with van der Waals surface area (Å²) in [5, 5.41) is 18.1. The number of H-pyrrole nitrogens is 1. The van der Waals surface area contributed by atoms with Crippen molar-refractivity contribution in [2.24, 2.45) is 0 Å². The lowest BCUT2D eigenvalue weighted by Gasteiger charge is -2.25. The second-order valence-electron chi connectivity index (χ2n) is 8.60. The summed E-state index contributed by atoms with van der Waals surface area (Å²) >= 11 is 0. The van der Waals surface area contributed by atoms with Crippen LogP contribution in [0, 0.1) is 0 Å². The molecule has 0 radical (unpaired) electrons. The van der Waals surface area contributed by atoms with Crippen molar-refractivity contribution in [1.82, 2.24) is 35.1 Å². The van der Waals surface area contributed by atoms with Crippen LogP contribution in [-0.4, -0.2) is 48.3 Å². The number of anilines is 3. The van der Waals surface area contributed by atoms with E-state index in [1.807, 2.05) is 41.2 Å². The van der Waals surface area contributed by atoms with E-state index in [2.05, 4.69) is 36.8 Å². The Morgan fingerprint density at radius 1 is 1.12 bits per heavy atom. The van der Waals surface area contributed by atoms with Gasteiger partial charge in [0.2, 0.25) is 5.95 Å². The average molecular weight is 444 g/mol. The molecule has 0 aromatic carbocycles. The highest BCUT2D eigenvalue weighted by Gasteiger charge is 2.30. The number of carbonyl (C=O) groups is 1. The molecule has 10 heteroatoms. The van der Waals surface area contributed by atoms with E-state index in [1.54, 1.807) is 6.07 Å². The number of fused-ring (bicyclic) bond motifs is 1. The highest BCUT2D eigenvalue weighted by atomic mass is 16.2. The molecule has 6 rings (SSSR count).